The fourth-order valence-electron chi connectivity index (χ4n) is 3.98. The topological polar surface area (TPSA) is 199 Å². The van der Waals surface area contributed by atoms with E-state index in [9.17, 15) is 42.3 Å². The van der Waals surface area contributed by atoms with E-state index in [0.717, 1.165) is 4.57 Å². The first kappa shape index (κ1) is 41.0. The first-order chi connectivity index (χ1) is 23.1. The molecule has 0 bridgehead atoms. The first-order valence-electron chi connectivity index (χ1n) is 15.4. The maximum atomic E-state index is 13.5. The van der Waals surface area contributed by atoms with Gasteiger partial charge in [-0.3, -0.25) is 30.5 Å². The highest BCUT2D eigenvalue weighted by atomic mass is 19.4. The molecule has 2 rings (SSSR count). The van der Waals surface area contributed by atoms with Crippen LogP contribution in [-0.4, -0.2) is 75.9 Å². The van der Waals surface area contributed by atoms with Crippen molar-refractivity contribution in [1.29, 1.82) is 0 Å². The van der Waals surface area contributed by atoms with Gasteiger partial charge in [0, 0.05) is 12.7 Å². The van der Waals surface area contributed by atoms with Crippen LogP contribution >= 0.6 is 0 Å². The van der Waals surface area contributed by atoms with Crippen molar-refractivity contribution in [2.75, 3.05) is 11.9 Å². The van der Waals surface area contributed by atoms with Gasteiger partial charge < -0.3 is 29.2 Å². The molecule has 1 aromatic carbocycles. The summed E-state index contributed by atoms with van der Waals surface area (Å²) >= 11 is 0. The number of carbonyl (C=O) groups excluding carboxylic acids is 4. The van der Waals surface area contributed by atoms with Gasteiger partial charge in [-0.1, -0.05) is 30.3 Å². The van der Waals surface area contributed by atoms with E-state index in [2.05, 4.69) is 26.3 Å². The molecule has 50 heavy (non-hydrogen) atoms. The number of aliphatic hydroxyl groups excluding tert-OH is 1. The van der Waals surface area contributed by atoms with Crippen LogP contribution in [0.5, 0.6) is 0 Å². The van der Waals surface area contributed by atoms with Crippen LogP contribution in [0.15, 0.2) is 58.4 Å². The number of amides is 4. The van der Waals surface area contributed by atoms with Crippen molar-refractivity contribution in [3.05, 3.63) is 64.6 Å². The van der Waals surface area contributed by atoms with Crippen molar-refractivity contribution < 1.29 is 51.7 Å². The van der Waals surface area contributed by atoms with Crippen LogP contribution in [0.2, 0.25) is 0 Å². The van der Waals surface area contributed by atoms with Gasteiger partial charge in [0.05, 0.1) is 6.04 Å². The number of ether oxygens (including phenoxy) is 3. The second-order valence-corrected chi connectivity index (χ2v) is 12.8. The van der Waals surface area contributed by atoms with Crippen molar-refractivity contribution in [2.45, 2.75) is 97.1 Å². The molecule has 4 amide bonds. The smallest absolute Gasteiger partial charge is 0.416 e. The molecule has 2 unspecified atom stereocenters. The molecule has 276 valence electrons. The highest BCUT2D eigenvalue weighted by Crippen LogP contribution is 2.24. The number of aliphatic imine (C=N–C) groups is 1. The number of guanidine groups is 1. The average Bonchev–Trinajstić information content (AvgIpc) is 2.97. The normalized spacial score (nSPS) is 12.8. The van der Waals surface area contributed by atoms with Gasteiger partial charge in [-0.15, -0.1) is 0 Å². The molecule has 0 saturated carbocycles. The third-order valence-corrected chi connectivity index (χ3v) is 6.03. The maximum Gasteiger partial charge on any atom is 0.416 e. The molecular formula is C32H43F3N6O9. The molecule has 0 saturated heterocycles. The zero-order chi connectivity index (χ0) is 37.7. The molecule has 0 aliphatic heterocycles. The van der Waals surface area contributed by atoms with Gasteiger partial charge in [0.1, 0.15) is 30.0 Å². The summed E-state index contributed by atoms with van der Waals surface area (Å²) in [5, 5.41) is 18.8. The second kappa shape index (κ2) is 18.0. The Morgan fingerprint density at radius 1 is 0.880 bits per heavy atom. The molecule has 0 aliphatic carbocycles. The van der Waals surface area contributed by atoms with E-state index in [4.69, 9.17) is 14.2 Å². The summed E-state index contributed by atoms with van der Waals surface area (Å²) in [6, 6.07) is 9.44. The van der Waals surface area contributed by atoms with Crippen LogP contribution in [0.1, 0.15) is 59.9 Å². The minimum atomic E-state index is -5.12. The van der Waals surface area contributed by atoms with Gasteiger partial charge in [0.25, 0.3) is 5.56 Å². The SMILES string of the molecule is CC(C)(C)OC(=O)NC(=NCCCC(NC(=O)Cn1cccc(NC(=O)OCc2ccccc2)c1=O)C(O)C(F)(F)F)NC(=O)OC(C)(C)C. The number of pyridine rings is 1. The average molecular weight is 713 g/mol. The van der Waals surface area contributed by atoms with E-state index >= 15 is 0 Å². The number of halogens is 3. The molecule has 0 spiro atoms. The lowest BCUT2D eigenvalue weighted by Gasteiger charge is -2.26. The van der Waals surface area contributed by atoms with Gasteiger partial charge in [0.15, 0.2) is 6.10 Å². The second-order valence-electron chi connectivity index (χ2n) is 12.8. The van der Waals surface area contributed by atoms with Gasteiger partial charge in [-0.05, 0) is 72.1 Å². The molecule has 15 nitrogen and oxygen atoms in total. The highest BCUT2D eigenvalue weighted by Gasteiger charge is 2.43. The Morgan fingerprint density at radius 3 is 2.00 bits per heavy atom. The highest BCUT2D eigenvalue weighted by molar-refractivity contribution is 6.01. The van der Waals surface area contributed by atoms with Crippen LogP contribution in [0.4, 0.5) is 33.2 Å². The third kappa shape index (κ3) is 15.8. The predicted octanol–water partition coefficient (Wildman–Crippen LogP) is 4.19. The number of alkyl carbamates (subject to hydrolysis) is 2. The predicted molar refractivity (Wildman–Crippen MR) is 175 cm³/mol. The summed E-state index contributed by atoms with van der Waals surface area (Å²) in [4.78, 5) is 66.4. The quantitative estimate of drug-likeness (QED) is 0.0981. The summed E-state index contributed by atoms with van der Waals surface area (Å²) in [6.07, 6.45) is -10.5. The number of aromatic nitrogens is 1. The van der Waals surface area contributed by atoms with E-state index in [0.29, 0.717) is 5.56 Å². The summed E-state index contributed by atoms with van der Waals surface area (Å²) in [5.74, 6) is -1.46. The van der Waals surface area contributed by atoms with Crippen molar-refractivity contribution in [3.63, 3.8) is 0 Å². The van der Waals surface area contributed by atoms with E-state index in [1.54, 1.807) is 71.9 Å². The monoisotopic (exact) mass is 712 g/mol. The molecule has 1 heterocycles. The number of nitrogens with zero attached hydrogens (tertiary/aromatic N) is 2. The third-order valence-electron chi connectivity index (χ3n) is 6.03. The number of anilines is 1. The zero-order valence-electron chi connectivity index (χ0n) is 28.6. The number of hydrogen-bond acceptors (Lipinski definition) is 10. The van der Waals surface area contributed by atoms with Gasteiger partial charge in [0.2, 0.25) is 11.9 Å². The number of alkyl halides is 3. The maximum absolute atomic E-state index is 13.5. The van der Waals surface area contributed by atoms with Crippen LogP contribution < -0.4 is 26.8 Å². The summed E-state index contributed by atoms with van der Waals surface area (Å²) < 4.78 is 56.8. The van der Waals surface area contributed by atoms with Gasteiger partial charge in [-0.2, -0.15) is 13.2 Å². The molecule has 2 aromatic rings. The number of benzene rings is 1. The summed E-state index contributed by atoms with van der Waals surface area (Å²) in [5.41, 5.74) is -2.21. The summed E-state index contributed by atoms with van der Waals surface area (Å²) in [7, 11) is 0. The van der Waals surface area contributed by atoms with Gasteiger partial charge in [-0.25, -0.2) is 14.4 Å². The lowest BCUT2D eigenvalue weighted by atomic mass is 10.0. The number of rotatable bonds is 11. The van der Waals surface area contributed by atoms with E-state index in [1.165, 1.54) is 18.3 Å². The minimum Gasteiger partial charge on any atom is -0.444 e. The molecule has 1 aromatic heterocycles. The molecule has 0 aliphatic rings. The molecule has 0 fully saturated rings. The van der Waals surface area contributed by atoms with Crippen LogP contribution in [0.3, 0.4) is 0 Å². The molecule has 0 radical (unpaired) electrons. The van der Waals surface area contributed by atoms with E-state index in [1.807, 2.05) is 0 Å². The van der Waals surface area contributed by atoms with Crippen LogP contribution in [-0.2, 0) is 32.2 Å². The number of nitrogens with one attached hydrogen (secondary N) is 4. The fraction of sp³-hybridized carbons (Fsp3) is 0.500. The van der Waals surface area contributed by atoms with Crippen molar-refractivity contribution >= 4 is 35.8 Å². The summed E-state index contributed by atoms with van der Waals surface area (Å²) in [6.45, 7) is 8.46. The zero-order valence-corrected chi connectivity index (χ0v) is 28.6. The van der Waals surface area contributed by atoms with E-state index < -0.39 is 78.2 Å². The molecule has 2 atom stereocenters. The Bertz CT molecular complexity index is 1520. The lowest BCUT2D eigenvalue weighted by Crippen LogP contribution is -2.51. The number of aliphatic hydroxyl groups is 1. The minimum absolute atomic E-state index is 0.0772. The molecular weight excluding hydrogens is 669 g/mol. The number of carbonyl (C=O) groups is 4. The Labute approximate surface area is 286 Å². The van der Waals surface area contributed by atoms with E-state index in [-0.39, 0.29) is 25.3 Å². The Hall–Kier alpha value is -5.13. The molecule has 5 N–H and O–H groups in total. The van der Waals surface area contributed by atoms with Crippen molar-refractivity contribution in [1.82, 2.24) is 20.5 Å². The van der Waals surface area contributed by atoms with Gasteiger partial charge >= 0.3 is 24.5 Å². The lowest BCUT2D eigenvalue weighted by molar-refractivity contribution is -0.212. The first-order valence-corrected chi connectivity index (χ1v) is 15.4. The van der Waals surface area contributed by atoms with Crippen LogP contribution in [0.25, 0.3) is 0 Å². The Kier molecular flexibility index (Phi) is 14.8. The van der Waals surface area contributed by atoms with Crippen LogP contribution in [0, 0.1) is 0 Å². The Balaban J connectivity index is 2.10. The number of hydrogen-bond donors (Lipinski definition) is 5. The van der Waals surface area contributed by atoms with Crippen molar-refractivity contribution in [3.8, 4) is 0 Å². The van der Waals surface area contributed by atoms with Crippen molar-refractivity contribution in [2.24, 2.45) is 4.99 Å². The largest absolute Gasteiger partial charge is 0.444 e. The Morgan fingerprint density at radius 2 is 1.46 bits per heavy atom. The standard InChI is InChI=1S/C32H43F3N6O9/c1-30(2,3)49-28(46)39-26(40-29(47)50-31(4,5)6)36-16-10-14-21(24(43)32(33,34)35)37-23(42)18-41-17-11-15-22(25(41)44)38-27(45)48-19-20-12-8-7-9-13-20/h7-9,11-13,15,17,21,24,43H,10,14,16,18-19H2,1-6H3,(H,37,42)(H,38,45)(H2,36,39,40,46,47). The molecule has 18 heteroatoms. The fourth-order valence-corrected chi connectivity index (χ4v) is 3.98.